The van der Waals surface area contributed by atoms with Crippen molar-refractivity contribution in [3.05, 3.63) is 17.3 Å². The maximum Gasteiger partial charge on any atom is 0.216 e. The molecule has 1 atom stereocenters. The molecule has 126 valence electrons. The Morgan fingerprint density at radius 1 is 1.32 bits per heavy atom. The first-order valence-corrected chi connectivity index (χ1v) is 7.75. The zero-order valence-electron chi connectivity index (χ0n) is 14.9. The lowest BCUT2D eigenvalue weighted by molar-refractivity contribution is 0.0205. The van der Waals surface area contributed by atoms with Crippen molar-refractivity contribution >= 4 is 5.96 Å². The lowest BCUT2D eigenvalue weighted by atomic mass is 9.89. The average molecular weight is 310 g/mol. The van der Waals surface area contributed by atoms with Crippen molar-refractivity contribution in [2.24, 2.45) is 10.4 Å². The van der Waals surface area contributed by atoms with Gasteiger partial charge < -0.3 is 19.8 Å². The van der Waals surface area contributed by atoms with Gasteiger partial charge in [0.15, 0.2) is 5.96 Å². The predicted molar refractivity (Wildman–Crippen MR) is 89.0 cm³/mol. The molecule has 0 fully saturated rings. The molecule has 6 nitrogen and oxygen atoms in total. The Morgan fingerprint density at radius 3 is 2.45 bits per heavy atom. The highest BCUT2D eigenvalue weighted by Gasteiger charge is 2.24. The number of hydrogen-bond donors (Lipinski definition) is 2. The van der Waals surface area contributed by atoms with Gasteiger partial charge in [-0.25, -0.2) is 9.98 Å². The Labute approximate surface area is 133 Å². The van der Waals surface area contributed by atoms with Crippen LogP contribution in [0.5, 0.6) is 0 Å². The van der Waals surface area contributed by atoms with Gasteiger partial charge in [-0.2, -0.15) is 0 Å². The first-order chi connectivity index (χ1) is 10.3. The van der Waals surface area contributed by atoms with Crippen LogP contribution in [0.2, 0.25) is 0 Å². The minimum absolute atomic E-state index is 0.0653. The highest BCUT2D eigenvalue weighted by molar-refractivity contribution is 5.79. The normalized spacial score (nSPS) is 14.0. The number of guanidine groups is 1. The largest absolute Gasteiger partial charge is 0.444 e. The average Bonchev–Trinajstić information content (AvgIpc) is 2.74. The van der Waals surface area contributed by atoms with E-state index in [0.29, 0.717) is 19.0 Å². The zero-order chi connectivity index (χ0) is 16.8. The molecule has 1 heterocycles. The lowest BCUT2D eigenvalue weighted by Gasteiger charge is -2.30. The standard InChI is InChI=1S/C16H30N4O2/c1-8-17-15(18-9-13(21-7)16(4,5)6)19-10-14-20-11(2)12(3)22-14/h13H,8-10H2,1-7H3,(H2,17,18,19). The van der Waals surface area contributed by atoms with E-state index in [2.05, 4.69) is 41.4 Å². The molecule has 0 saturated heterocycles. The van der Waals surface area contributed by atoms with Crippen LogP contribution in [0.25, 0.3) is 0 Å². The molecule has 2 N–H and O–H groups in total. The quantitative estimate of drug-likeness (QED) is 0.623. The second-order valence-corrected chi connectivity index (χ2v) is 6.42. The SMILES string of the molecule is CCNC(=NCc1nc(C)c(C)o1)NCC(OC)C(C)(C)C. The summed E-state index contributed by atoms with van der Waals surface area (Å²) in [4.78, 5) is 8.85. The van der Waals surface area contributed by atoms with Crippen LogP contribution in [0.15, 0.2) is 9.41 Å². The molecule has 0 spiro atoms. The lowest BCUT2D eigenvalue weighted by Crippen LogP contribution is -2.45. The maximum atomic E-state index is 5.55. The van der Waals surface area contributed by atoms with Gasteiger partial charge in [0, 0.05) is 20.2 Å². The Hall–Kier alpha value is -1.56. The predicted octanol–water partition coefficient (Wildman–Crippen LogP) is 2.41. The van der Waals surface area contributed by atoms with Gasteiger partial charge >= 0.3 is 0 Å². The summed E-state index contributed by atoms with van der Waals surface area (Å²) in [6, 6.07) is 0. The molecule has 0 bridgehead atoms. The summed E-state index contributed by atoms with van der Waals surface area (Å²) in [5.41, 5.74) is 0.978. The van der Waals surface area contributed by atoms with Gasteiger partial charge in [-0.15, -0.1) is 0 Å². The number of aryl methyl sites for hydroxylation is 2. The van der Waals surface area contributed by atoms with Crippen LogP contribution >= 0.6 is 0 Å². The minimum Gasteiger partial charge on any atom is -0.444 e. The van der Waals surface area contributed by atoms with Crippen LogP contribution < -0.4 is 10.6 Å². The maximum absolute atomic E-state index is 5.55. The summed E-state index contributed by atoms with van der Waals surface area (Å²) in [6.45, 7) is 14.2. The molecule has 6 heteroatoms. The van der Waals surface area contributed by atoms with E-state index in [4.69, 9.17) is 9.15 Å². The van der Waals surface area contributed by atoms with Gasteiger partial charge in [0.25, 0.3) is 0 Å². The molecular weight excluding hydrogens is 280 g/mol. The minimum atomic E-state index is 0.0653. The van der Waals surface area contributed by atoms with Crippen molar-refractivity contribution in [1.29, 1.82) is 0 Å². The fraction of sp³-hybridized carbons (Fsp3) is 0.750. The van der Waals surface area contributed by atoms with Crippen molar-refractivity contribution in [2.45, 2.75) is 54.2 Å². The van der Waals surface area contributed by atoms with Crippen LogP contribution in [0.3, 0.4) is 0 Å². The third-order valence-corrected chi connectivity index (χ3v) is 3.49. The van der Waals surface area contributed by atoms with Crippen LogP contribution in [0.1, 0.15) is 45.0 Å². The highest BCUT2D eigenvalue weighted by atomic mass is 16.5. The smallest absolute Gasteiger partial charge is 0.216 e. The molecule has 0 aliphatic rings. The van der Waals surface area contributed by atoms with Crippen LogP contribution in [0.4, 0.5) is 0 Å². The molecule has 0 aliphatic carbocycles. The first kappa shape index (κ1) is 18.5. The van der Waals surface area contributed by atoms with Gasteiger partial charge in [0.05, 0.1) is 11.8 Å². The summed E-state index contributed by atoms with van der Waals surface area (Å²) in [7, 11) is 1.74. The Kier molecular flexibility index (Phi) is 6.87. The first-order valence-electron chi connectivity index (χ1n) is 7.75. The van der Waals surface area contributed by atoms with Gasteiger partial charge in [0.1, 0.15) is 12.3 Å². The summed E-state index contributed by atoms with van der Waals surface area (Å²) >= 11 is 0. The third-order valence-electron chi connectivity index (χ3n) is 3.49. The summed E-state index contributed by atoms with van der Waals surface area (Å²) < 4.78 is 11.1. The molecular formula is C16H30N4O2. The number of oxazole rings is 1. The van der Waals surface area contributed by atoms with Crippen molar-refractivity contribution in [1.82, 2.24) is 15.6 Å². The van der Waals surface area contributed by atoms with Gasteiger partial charge in [-0.05, 0) is 26.2 Å². The highest BCUT2D eigenvalue weighted by Crippen LogP contribution is 2.20. The fourth-order valence-electron chi connectivity index (χ4n) is 2.03. The van der Waals surface area contributed by atoms with Crippen molar-refractivity contribution in [3.63, 3.8) is 0 Å². The molecule has 0 radical (unpaired) electrons. The monoisotopic (exact) mass is 310 g/mol. The summed E-state index contributed by atoms with van der Waals surface area (Å²) in [6.07, 6.45) is 0.0996. The van der Waals surface area contributed by atoms with E-state index < -0.39 is 0 Å². The molecule has 1 rings (SSSR count). The van der Waals surface area contributed by atoms with E-state index in [1.807, 2.05) is 20.8 Å². The van der Waals surface area contributed by atoms with Crippen molar-refractivity contribution in [2.75, 3.05) is 20.2 Å². The number of aromatic nitrogens is 1. The Balaban J connectivity index is 2.66. The molecule has 0 aromatic carbocycles. The summed E-state index contributed by atoms with van der Waals surface area (Å²) in [5, 5.41) is 6.53. The van der Waals surface area contributed by atoms with Gasteiger partial charge in [-0.3, -0.25) is 0 Å². The van der Waals surface area contributed by atoms with Crippen LogP contribution in [-0.4, -0.2) is 37.2 Å². The molecule has 1 unspecified atom stereocenters. The summed E-state index contributed by atoms with van der Waals surface area (Å²) in [5.74, 6) is 2.21. The van der Waals surface area contributed by atoms with Crippen LogP contribution in [0, 0.1) is 19.3 Å². The van der Waals surface area contributed by atoms with E-state index >= 15 is 0 Å². The number of ether oxygens (including phenoxy) is 1. The van der Waals surface area contributed by atoms with E-state index in [1.54, 1.807) is 7.11 Å². The number of nitrogens with zero attached hydrogens (tertiary/aromatic N) is 2. The van der Waals surface area contributed by atoms with Gasteiger partial charge in [-0.1, -0.05) is 20.8 Å². The molecule has 0 amide bonds. The molecule has 1 aromatic heterocycles. The number of aliphatic imine (C=N–C) groups is 1. The van der Waals surface area contributed by atoms with E-state index in [1.165, 1.54) is 0 Å². The number of nitrogens with one attached hydrogen (secondary N) is 2. The van der Waals surface area contributed by atoms with Crippen molar-refractivity contribution < 1.29 is 9.15 Å². The second-order valence-electron chi connectivity index (χ2n) is 6.42. The van der Waals surface area contributed by atoms with E-state index in [9.17, 15) is 0 Å². The van der Waals surface area contributed by atoms with E-state index in [0.717, 1.165) is 24.0 Å². The van der Waals surface area contributed by atoms with Crippen molar-refractivity contribution in [3.8, 4) is 0 Å². The topological polar surface area (TPSA) is 71.7 Å². The number of hydrogen-bond acceptors (Lipinski definition) is 4. The Morgan fingerprint density at radius 2 is 2.00 bits per heavy atom. The second kappa shape index (κ2) is 8.17. The fourth-order valence-corrected chi connectivity index (χ4v) is 2.03. The number of rotatable bonds is 6. The molecule has 0 saturated carbocycles. The van der Waals surface area contributed by atoms with Crippen LogP contribution in [-0.2, 0) is 11.3 Å². The zero-order valence-corrected chi connectivity index (χ0v) is 14.9. The number of methoxy groups -OCH3 is 1. The molecule has 0 aliphatic heterocycles. The Bertz CT molecular complexity index is 469. The third kappa shape index (κ3) is 5.67. The molecule has 1 aromatic rings. The van der Waals surface area contributed by atoms with Gasteiger partial charge in [0.2, 0.25) is 5.89 Å². The van der Waals surface area contributed by atoms with E-state index in [-0.39, 0.29) is 11.5 Å². The molecule has 22 heavy (non-hydrogen) atoms.